The first kappa shape index (κ1) is 24.3. The molecule has 0 fully saturated rings. The van der Waals surface area contributed by atoms with Gasteiger partial charge in [-0.1, -0.05) is 146 Å². The Labute approximate surface area is 246 Å². The van der Waals surface area contributed by atoms with Crippen molar-refractivity contribution in [3.05, 3.63) is 170 Å². The summed E-state index contributed by atoms with van der Waals surface area (Å²) in [5, 5.41) is 7.60. The molecule has 0 bridgehead atoms. The van der Waals surface area contributed by atoms with Gasteiger partial charge in [0, 0.05) is 0 Å². The van der Waals surface area contributed by atoms with Gasteiger partial charge in [-0.15, -0.1) is 0 Å². The van der Waals surface area contributed by atoms with Gasteiger partial charge in [-0.25, -0.2) is 0 Å². The smallest absolute Gasteiger partial charge is 0.00266 e. The Balaban J connectivity index is 1.34. The van der Waals surface area contributed by atoms with Crippen molar-refractivity contribution in [3.63, 3.8) is 0 Å². The highest BCUT2D eigenvalue weighted by atomic mass is 14.2. The Morgan fingerprint density at radius 3 is 1.24 bits per heavy atom. The molecule has 0 radical (unpaired) electrons. The van der Waals surface area contributed by atoms with E-state index in [1.807, 2.05) is 0 Å². The maximum atomic E-state index is 2.39. The van der Waals surface area contributed by atoms with E-state index in [-0.39, 0.29) is 0 Å². The predicted molar refractivity (Wildman–Crippen MR) is 181 cm³/mol. The summed E-state index contributed by atoms with van der Waals surface area (Å²) in [6, 6.07) is 61.8. The summed E-state index contributed by atoms with van der Waals surface area (Å²) >= 11 is 0. The molecule has 0 nitrogen and oxygen atoms in total. The molecule has 0 spiro atoms. The minimum absolute atomic E-state index is 1.22. The summed E-state index contributed by atoms with van der Waals surface area (Å²) in [5.74, 6) is 0. The fraction of sp³-hybridized carbons (Fsp3) is 0. The molecule has 8 rings (SSSR count). The van der Waals surface area contributed by atoms with Crippen LogP contribution in [0.5, 0.6) is 0 Å². The highest BCUT2D eigenvalue weighted by Crippen LogP contribution is 2.41. The third-order valence-electron chi connectivity index (χ3n) is 8.43. The zero-order chi connectivity index (χ0) is 27.9. The molecule has 0 heterocycles. The van der Waals surface area contributed by atoms with Crippen LogP contribution >= 0.6 is 0 Å². The lowest BCUT2D eigenvalue weighted by Gasteiger charge is -2.16. The first-order valence-electron chi connectivity index (χ1n) is 14.5. The number of rotatable bonds is 4. The molecule has 0 unspecified atom stereocenters. The molecular formula is C42H28. The molecular weight excluding hydrogens is 504 g/mol. The second-order valence-electron chi connectivity index (χ2n) is 11.0. The summed E-state index contributed by atoms with van der Waals surface area (Å²) in [6.07, 6.45) is 0. The van der Waals surface area contributed by atoms with E-state index in [9.17, 15) is 0 Å². The van der Waals surface area contributed by atoms with Crippen LogP contribution in [0.1, 0.15) is 0 Å². The van der Waals surface area contributed by atoms with Gasteiger partial charge in [0.2, 0.25) is 0 Å². The van der Waals surface area contributed by atoms with Gasteiger partial charge >= 0.3 is 0 Å². The SMILES string of the molecule is c1ccc(-c2ccc(-c3ccc4cc5cc6ccccc6cc5cc4c3-c3ccc(-c4ccccc4)cc3)cc2)cc1. The Hall–Kier alpha value is -5.46. The van der Waals surface area contributed by atoms with Crippen molar-refractivity contribution in [1.82, 2.24) is 0 Å². The number of hydrogen-bond donors (Lipinski definition) is 0. The normalized spacial score (nSPS) is 11.3. The highest BCUT2D eigenvalue weighted by molar-refractivity contribution is 6.11. The quantitative estimate of drug-likeness (QED) is 0.198. The number of fused-ring (bicyclic) bond motifs is 3. The minimum atomic E-state index is 1.22. The van der Waals surface area contributed by atoms with Crippen LogP contribution in [0, 0.1) is 0 Å². The van der Waals surface area contributed by atoms with Crippen molar-refractivity contribution in [2.75, 3.05) is 0 Å². The topological polar surface area (TPSA) is 0 Å². The van der Waals surface area contributed by atoms with Crippen LogP contribution in [-0.4, -0.2) is 0 Å². The molecule has 0 N–H and O–H groups in total. The maximum Gasteiger partial charge on any atom is -0.00266 e. The van der Waals surface area contributed by atoms with Crippen molar-refractivity contribution < 1.29 is 0 Å². The predicted octanol–water partition coefficient (Wildman–Crippen LogP) is 11.8. The molecule has 42 heavy (non-hydrogen) atoms. The van der Waals surface area contributed by atoms with Crippen LogP contribution in [0.2, 0.25) is 0 Å². The van der Waals surface area contributed by atoms with Gasteiger partial charge in [0.15, 0.2) is 0 Å². The van der Waals surface area contributed by atoms with Gasteiger partial charge in [0.05, 0.1) is 0 Å². The lowest BCUT2D eigenvalue weighted by Crippen LogP contribution is -1.90. The van der Waals surface area contributed by atoms with E-state index in [1.165, 1.54) is 76.8 Å². The van der Waals surface area contributed by atoms with Gasteiger partial charge in [0.1, 0.15) is 0 Å². The van der Waals surface area contributed by atoms with Gasteiger partial charge in [-0.2, -0.15) is 0 Å². The van der Waals surface area contributed by atoms with Gasteiger partial charge < -0.3 is 0 Å². The lowest BCUT2D eigenvalue weighted by atomic mass is 9.87. The third kappa shape index (κ3) is 4.35. The second kappa shape index (κ2) is 10.2. The summed E-state index contributed by atoms with van der Waals surface area (Å²) < 4.78 is 0. The molecule has 0 aliphatic rings. The van der Waals surface area contributed by atoms with Crippen molar-refractivity contribution in [3.8, 4) is 44.5 Å². The average molecular weight is 533 g/mol. The second-order valence-corrected chi connectivity index (χ2v) is 11.0. The van der Waals surface area contributed by atoms with Crippen molar-refractivity contribution in [2.45, 2.75) is 0 Å². The summed E-state index contributed by atoms with van der Waals surface area (Å²) in [6.45, 7) is 0. The summed E-state index contributed by atoms with van der Waals surface area (Å²) in [5.41, 5.74) is 9.89. The standard InChI is InChI=1S/C42H28/c1-3-9-29(10-4-1)31-15-19-33(20-16-31)40-24-23-37-27-38-25-35-13-7-8-14-36(35)26-39(38)28-41(37)42(40)34-21-17-32(18-22-34)30-11-5-2-6-12-30/h1-28H. The van der Waals surface area contributed by atoms with E-state index in [1.54, 1.807) is 0 Å². The van der Waals surface area contributed by atoms with Crippen molar-refractivity contribution in [2.24, 2.45) is 0 Å². The average Bonchev–Trinajstić information content (AvgIpc) is 3.07. The van der Waals surface area contributed by atoms with Crippen LogP contribution < -0.4 is 0 Å². The van der Waals surface area contributed by atoms with Crippen molar-refractivity contribution in [1.29, 1.82) is 0 Å². The van der Waals surface area contributed by atoms with E-state index in [4.69, 9.17) is 0 Å². The van der Waals surface area contributed by atoms with E-state index in [2.05, 4.69) is 170 Å². The maximum absolute atomic E-state index is 2.39. The molecule has 0 heteroatoms. The molecule has 0 saturated carbocycles. The van der Waals surface area contributed by atoms with Crippen molar-refractivity contribution >= 4 is 32.3 Å². The van der Waals surface area contributed by atoms with E-state index >= 15 is 0 Å². The fourth-order valence-electron chi connectivity index (χ4n) is 6.25. The Morgan fingerprint density at radius 2 is 0.667 bits per heavy atom. The number of benzene rings is 8. The van der Waals surface area contributed by atoms with Crippen LogP contribution in [0.25, 0.3) is 76.8 Å². The molecule has 0 aliphatic carbocycles. The van der Waals surface area contributed by atoms with Gasteiger partial charge in [0.25, 0.3) is 0 Å². The summed E-state index contributed by atoms with van der Waals surface area (Å²) in [7, 11) is 0. The molecule has 0 amide bonds. The van der Waals surface area contributed by atoms with E-state index in [0.29, 0.717) is 0 Å². The first-order valence-corrected chi connectivity index (χ1v) is 14.5. The molecule has 8 aromatic carbocycles. The molecule has 8 aromatic rings. The largest absolute Gasteiger partial charge is 0.0622 e. The Morgan fingerprint density at radius 1 is 0.238 bits per heavy atom. The molecule has 0 aliphatic heterocycles. The monoisotopic (exact) mass is 532 g/mol. The lowest BCUT2D eigenvalue weighted by molar-refractivity contribution is 1.58. The molecule has 196 valence electrons. The zero-order valence-corrected chi connectivity index (χ0v) is 23.2. The van der Waals surface area contributed by atoms with Gasteiger partial charge in [-0.05, 0) is 101 Å². The fourth-order valence-corrected chi connectivity index (χ4v) is 6.25. The Kier molecular flexibility index (Phi) is 5.90. The third-order valence-corrected chi connectivity index (χ3v) is 8.43. The Bertz CT molecular complexity index is 2190. The number of hydrogen-bond acceptors (Lipinski definition) is 0. The molecule has 0 saturated heterocycles. The van der Waals surface area contributed by atoms with E-state index < -0.39 is 0 Å². The first-order chi connectivity index (χ1) is 20.8. The zero-order valence-electron chi connectivity index (χ0n) is 23.2. The van der Waals surface area contributed by atoms with Crippen LogP contribution in [0.15, 0.2) is 170 Å². The van der Waals surface area contributed by atoms with E-state index in [0.717, 1.165) is 0 Å². The van der Waals surface area contributed by atoms with Crippen LogP contribution in [-0.2, 0) is 0 Å². The van der Waals surface area contributed by atoms with Gasteiger partial charge in [-0.3, -0.25) is 0 Å². The summed E-state index contributed by atoms with van der Waals surface area (Å²) in [4.78, 5) is 0. The van der Waals surface area contributed by atoms with Crippen LogP contribution in [0.4, 0.5) is 0 Å². The highest BCUT2D eigenvalue weighted by Gasteiger charge is 2.14. The minimum Gasteiger partial charge on any atom is -0.0622 e. The van der Waals surface area contributed by atoms with Crippen LogP contribution in [0.3, 0.4) is 0 Å². The molecule has 0 aromatic heterocycles. The molecule has 0 atom stereocenters.